The van der Waals surface area contributed by atoms with Crippen LogP contribution < -0.4 is 11.2 Å². The molecule has 1 aromatic carbocycles. The SMILES string of the molecule is N/C(=N\Nc1ccc(F)cc1)C(F)F. The first kappa shape index (κ1) is 10.4. The zero-order valence-corrected chi connectivity index (χ0v) is 7.05. The number of hydrazone groups is 1. The van der Waals surface area contributed by atoms with Gasteiger partial charge in [-0.2, -0.15) is 5.10 Å². The molecule has 0 aliphatic rings. The number of benzene rings is 1. The molecule has 0 atom stereocenters. The van der Waals surface area contributed by atoms with E-state index in [1.807, 2.05) is 0 Å². The maximum Gasteiger partial charge on any atom is 0.296 e. The molecule has 0 aliphatic carbocycles. The van der Waals surface area contributed by atoms with Crippen LogP contribution in [-0.2, 0) is 0 Å². The summed E-state index contributed by atoms with van der Waals surface area (Å²) >= 11 is 0. The molecule has 0 radical (unpaired) electrons. The van der Waals surface area contributed by atoms with Crippen LogP contribution in [0.1, 0.15) is 0 Å². The Morgan fingerprint density at radius 3 is 2.36 bits per heavy atom. The first-order chi connectivity index (χ1) is 6.59. The van der Waals surface area contributed by atoms with Crippen molar-refractivity contribution in [2.24, 2.45) is 10.8 Å². The fourth-order valence-electron chi connectivity index (χ4n) is 0.702. The van der Waals surface area contributed by atoms with Gasteiger partial charge in [0.2, 0.25) is 0 Å². The Bertz CT molecular complexity index is 321. The van der Waals surface area contributed by atoms with E-state index in [9.17, 15) is 13.2 Å². The lowest BCUT2D eigenvalue weighted by Crippen LogP contribution is -2.22. The minimum atomic E-state index is -2.80. The van der Waals surface area contributed by atoms with Gasteiger partial charge in [-0.3, -0.25) is 5.43 Å². The largest absolute Gasteiger partial charge is 0.381 e. The molecule has 0 amide bonds. The lowest BCUT2D eigenvalue weighted by Gasteiger charge is -2.01. The third kappa shape index (κ3) is 2.96. The summed E-state index contributed by atoms with van der Waals surface area (Å²) in [6.45, 7) is 0. The van der Waals surface area contributed by atoms with E-state index in [0.717, 1.165) is 0 Å². The molecule has 0 unspecified atom stereocenters. The Balaban J connectivity index is 2.62. The van der Waals surface area contributed by atoms with Crippen molar-refractivity contribution in [1.82, 2.24) is 0 Å². The Morgan fingerprint density at radius 2 is 1.86 bits per heavy atom. The van der Waals surface area contributed by atoms with Crippen LogP contribution in [0.3, 0.4) is 0 Å². The zero-order valence-electron chi connectivity index (χ0n) is 7.05. The predicted octanol–water partition coefficient (Wildman–Crippen LogP) is 1.77. The van der Waals surface area contributed by atoms with Crippen molar-refractivity contribution in [3.8, 4) is 0 Å². The normalized spacial score (nSPS) is 11.9. The predicted molar refractivity (Wildman–Crippen MR) is 47.6 cm³/mol. The summed E-state index contributed by atoms with van der Waals surface area (Å²) in [5.74, 6) is -1.23. The molecular formula is C8H8F3N3. The molecule has 0 aliphatic heterocycles. The highest BCUT2D eigenvalue weighted by Gasteiger charge is 2.07. The molecule has 0 spiro atoms. The molecule has 1 rings (SSSR count). The van der Waals surface area contributed by atoms with Gasteiger partial charge in [0, 0.05) is 0 Å². The molecule has 76 valence electrons. The van der Waals surface area contributed by atoms with E-state index in [-0.39, 0.29) is 0 Å². The topological polar surface area (TPSA) is 50.4 Å². The van der Waals surface area contributed by atoms with Gasteiger partial charge in [-0.1, -0.05) is 0 Å². The highest BCUT2D eigenvalue weighted by Crippen LogP contribution is 2.08. The summed E-state index contributed by atoms with van der Waals surface area (Å²) in [6.07, 6.45) is -2.80. The van der Waals surface area contributed by atoms with Gasteiger partial charge in [-0.15, -0.1) is 0 Å². The van der Waals surface area contributed by atoms with Crippen LogP contribution in [0, 0.1) is 5.82 Å². The smallest absolute Gasteiger partial charge is 0.296 e. The fourth-order valence-corrected chi connectivity index (χ4v) is 0.702. The van der Waals surface area contributed by atoms with Crippen molar-refractivity contribution in [2.45, 2.75) is 6.43 Å². The van der Waals surface area contributed by atoms with Crippen LogP contribution in [0.4, 0.5) is 18.9 Å². The second kappa shape index (κ2) is 4.50. The van der Waals surface area contributed by atoms with E-state index < -0.39 is 18.1 Å². The van der Waals surface area contributed by atoms with Crippen LogP contribution in [0.25, 0.3) is 0 Å². The molecule has 14 heavy (non-hydrogen) atoms. The second-order valence-electron chi connectivity index (χ2n) is 2.46. The van der Waals surface area contributed by atoms with Gasteiger partial charge in [-0.05, 0) is 24.3 Å². The van der Waals surface area contributed by atoms with Crippen molar-refractivity contribution >= 4 is 11.5 Å². The number of rotatable bonds is 3. The van der Waals surface area contributed by atoms with E-state index in [1.54, 1.807) is 0 Å². The van der Waals surface area contributed by atoms with Gasteiger partial charge >= 0.3 is 0 Å². The number of nitrogens with zero attached hydrogens (tertiary/aromatic N) is 1. The zero-order chi connectivity index (χ0) is 10.6. The molecule has 3 nitrogen and oxygen atoms in total. The average Bonchev–Trinajstić information content (AvgIpc) is 2.16. The number of anilines is 1. The summed E-state index contributed by atoms with van der Waals surface area (Å²) in [7, 11) is 0. The number of amidine groups is 1. The van der Waals surface area contributed by atoms with Gasteiger partial charge in [0.1, 0.15) is 5.82 Å². The standard InChI is InChI=1S/C8H8F3N3/c9-5-1-3-6(4-2-5)13-14-8(12)7(10)11/h1-4,7,13H,(H2,12,14). The van der Waals surface area contributed by atoms with Crippen LogP contribution in [0.5, 0.6) is 0 Å². The molecule has 0 bridgehead atoms. The number of hydrogen-bond donors (Lipinski definition) is 2. The summed E-state index contributed by atoms with van der Waals surface area (Å²) in [5, 5.41) is 3.20. The van der Waals surface area contributed by atoms with Crippen molar-refractivity contribution in [1.29, 1.82) is 0 Å². The Morgan fingerprint density at radius 1 is 1.29 bits per heavy atom. The average molecular weight is 203 g/mol. The third-order valence-electron chi connectivity index (χ3n) is 1.38. The van der Waals surface area contributed by atoms with Crippen molar-refractivity contribution < 1.29 is 13.2 Å². The highest BCUT2D eigenvalue weighted by molar-refractivity contribution is 5.84. The monoisotopic (exact) mass is 203 g/mol. The molecule has 0 heterocycles. The van der Waals surface area contributed by atoms with Gasteiger partial charge in [0.05, 0.1) is 5.69 Å². The lowest BCUT2D eigenvalue weighted by molar-refractivity contribution is 0.224. The second-order valence-corrected chi connectivity index (χ2v) is 2.46. The van der Waals surface area contributed by atoms with Gasteiger partial charge in [-0.25, -0.2) is 13.2 Å². The maximum absolute atomic E-state index is 12.4. The number of nitrogens with one attached hydrogen (secondary N) is 1. The molecular weight excluding hydrogens is 195 g/mol. The molecule has 0 saturated heterocycles. The van der Waals surface area contributed by atoms with Gasteiger partial charge < -0.3 is 5.73 Å². The molecule has 0 aromatic heterocycles. The Labute approximate surface area is 78.4 Å². The molecule has 6 heteroatoms. The minimum absolute atomic E-state index is 0.384. The fraction of sp³-hybridized carbons (Fsp3) is 0.125. The van der Waals surface area contributed by atoms with Crippen molar-refractivity contribution in [3.05, 3.63) is 30.1 Å². The number of nitrogens with two attached hydrogens (primary N) is 1. The van der Waals surface area contributed by atoms with E-state index in [4.69, 9.17) is 5.73 Å². The molecule has 0 saturated carbocycles. The van der Waals surface area contributed by atoms with Gasteiger partial charge in [0.15, 0.2) is 5.84 Å². The number of halogens is 3. The summed E-state index contributed by atoms with van der Waals surface area (Å²) in [6, 6.07) is 5.07. The lowest BCUT2D eigenvalue weighted by atomic mass is 10.3. The Kier molecular flexibility index (Phi) is 3.33. The van der Waals surface area contributed by atoms with Gasteiger partial charge in [0.25, 0.3) is 6.43 Å². The minimum Gasteiger partial charge on any atom is -0.381 e. The first-order valence-electron chi connectivity index (χ1n) is 3.72. The number of hydrogen-bond acceptors (Lipinski definition) is 2. The van der Waals surface area contributed by atoms with E-state index >= 15 is 0 Å². The maximum atomic E-state index is 12.4. The third-order valence-corrected chi connectivity index (χ3v) is 1.38. The summed E-state index contributed by atoms with van der Waals surface area (Å²) in [4.78, 5) is 0. The van der Waals surface area contributed by atoms with Crippen LogP contribution in [0.15, 0.2) is 29.4 Å². The summed E-state index contributed by atoms with van der Waals surface area (Å²) < 4.78 is 36.1. The van der Waals surface area contributed by atoms with E-state index in [1.165, 1.54) is 24.3 Å². The molecule has 3 N–H and O–H groups in total. The van der Waals surface area contributed by atoms with Crippen LogP contribution >= 0.6 is 0 Å². The first-order valence-corrected chi connectivity index (χ1v) is 3.72. The van der Waals surface area contributed by atoms with E-state index in [2.05, 4.69) is 10.5 Å². The van der Waals surface area contributed by atoms with Crippen LogP contribution in [-0.4, -0.2) is 12.3 Å². The molecule has 1 aromatic rings. The van der Waals surface area contributed by atoms with Crippen LogP contribution in [0.2, 0.25) is 0 Å². The quantitative estimate of drug-likeness (QED) is 0.447. The molecule has 0 fully saturated rings. The summed E-state index contributed by atoms with van der Waals surface area (Å²) in [5.41, 5.74) is 7.51. The van der Waals surface area contributed by atoms with E-state index in [0.29, 0.717) is 5.69 Å². The highest BCUT2D eigenvalue weighted by atomic mass is 19.3. The Hall–Kier alpha value is -1.72. The van der Waals surface area contributed by atoms with Crippen molar-refractivity contribution in [3.63, 3.8) is 0 Å². The van der Waals surface area contributed by atoms with Crippen molar-refractivity contribution in [2.75, 3.05) is 5.43 Å². The number of alkyl halides is 2.